The molecule has 0 bridgehead atoms. The molecule has 1 heterocycles. The summed E-state index contributed by atoms with van der Waals surface area (Å²) in [5, 5.41) is 10.7. The number of anilines is 1. The number of carbonyl (C=O) groups excluding carboxylic acids is 2. The van der Waals surface area contributed by atoms with Crippen LogP contribution in [0.1, 0.15) is 12.5 Å². The minimum atomic E-state index is -1.24. The Bertz CT molecular complexity index is 428. The van der Waals surface area contributed by atoms with E-state index in [0.717, 1.165) is 5.56 Å². The summed E-state index contributed by atoms with van der Waals surface area (Å²) in [6.45, 7) is 1.45. The third kappa shape index (κ3) is 1.48. The third-order valence-electron chi connectivity index (χ3n) is 2.59. The van der Waals surface area contributed by atoms with Gasteiger partial charge in [-0.3, -0.25) is 4.79 Å². The molecule has 1 atom stereocenters. The Morgan fingerprint density at radius 1 is 1.47 bits per heavy atom. The molecule has 4 nitrogen and oxygen atoms in total. The maximum atomic E-state index is 11.6. The summed E-state index contributed by atoms with van der Waals surface area (Å²) in [4.78, 5) is 23.6. The highest BCUT2D eigenvalue weighted by atomic mass is 16.4. The van der Waals surface area contributed by atoms with E-state index in [9.17, 15) is 14.7 Å². The standard InChI is InChI=1S/C11H11NO3/c1-7(11(14)15)12-9-5-3-2-4-8(9)6-10(12)13/h2-5,7H,6H2,1H3,(H,14,15)/p-1/t7-/m1/s1. The monoisotopic (exact) mass is 204 g/mol. The average molecular weight is 204 g/mol. The first kappa shape index (κ1) is 9.71. The van der Waals surface area contributed by atoms with Gasteiger partial charge in [-0.05, 0) is 18.6 Å². The number of hydrogen-bond acceptors (Lipinski definition) is 3. The largest absolute Gasteiger partial charge is 0.548 e. The highest BCUT2D eigenvalue weighted by molar-refractivity contribution is 6.05. The SMILES string of the molecule is C[C@H](C(=O)[O-])N1C(=O)Cc2ccccc21. The van der Waals surface area contributed by atoms with Crippen molar-refractivity contribution in [3.63, 3.8) is 0 Å². The third-order valence-corrected chi connectivity index (χ3v) is 2.59. The quantitative estimate of drug-likeness (QED) is 0.665. The van der Waals surface area contributed by atoms with Crippen molar-refractivity contribution in [2.45, 2.75) is 19.4 Å². The molecular formula is C11H10NO3-. The molecule has 15 heavy (non-hydrogen) atoms. The predicted molar refractivity (Wildman–Crippen MR) is 52.1 cm³/mol. The Kier molecular flexibility index (Phi) is 2.19. The first-order valence-corrected chi connectivity index (χ1v) is 4.72. The molecule has 78 valence electrons. The van der Waals surface area contributed by atoms with Crippen LogP contribution >= 0.6 is 0 Å². The number of carbonyl (C=O) groups is 2. The molecule has 0 fully saturated rings. The summed E-state index contributed by atoms with van der Waals surface area (Å²) in [5.74, 6) is -1.42. The highest BCUT2D eigenvalue weighted by Crippen LogP contribution is 2.29. The maximum Gasteiger partial charge on any atom is 0.232 e. The van der Waals surface area contributed by atoms with E-state index in [1.54, 1.807) is 12.1 Å². The fourth-order valence-electron chi connectivity index (χ4n) is 1.81. The van der Waals surface area contributed by atoms with E-state index in [1.807, 2.05) is 12.1 Å². The van der Waals surface area contributed by atoms with Crippen molar-refractivity contribution in [3.05, 3.63) is 29.8 Å². The van der Waals surface area contributed by atoms with Crippen molar-refractivity contribution in [2.24, 2.45) is 0 Å². The molecule has 0 aliphatic carbocycles. The van der Waals surface area contributed by atoms with Crippen molar-refractivity contribution >= 4 is 17.6 Å². The van der Waals surface area contributed by atoms with Crippen LogP contribution in [0.15, 0.2) is 24.3 Å². The normalized spacial score (nSPS) is 16.3. The molecule has 0 spiro atoms. The number of rotatable bonds is 2. The van der Waals surface area contributed by atoms with Crippen LogP contribution < -0.4 is 10.0 Å². The molecule has 0 saturated carbocycles. The van der Waals surface area contributed by atoms with Crippen molar-refractivity contribution in [1.29, 1.82) is 0 Å². The Morgan fingerprint density at radius 2 is 2.13 bits per heavy atom. The van der Waals surface area contributed by atoms with Crippen LogP contribution in [0.5, 0.6) is 0 Å². The lowest BCUT2D eigenvalue weighted by atomic mass is 10.2. The molecule has 1 aromatic rings. The molecule has 0 saturated heterocycles. The number of nitrogens with zero attached hydrogens (tertiary/aromatic N) is 1. The van der Waals surface area contributed by atoms with Gasteiger partial charge in [0.2, 0.25) is 5.91 Å². The van der Waals surface area contributed by atoms with Crippen molar-refractivity contribution in [1.82, 2.24) is 0 Å². The summed E-state index contributed by atoms with van der Waals surface area (Å²) in [5.41, 5.74) is 1.55. The van der Waals surface area contributed by atoms with Gasteiger partial charge in [0.25, 0.3) is 0 Å². The van der Waals surface area contributed by atoms with E-state index in [0.29, 0.717) is 5.69 Å². The summed E-state index contributed by atoms with van der Waals surface area (Å²) in [7, 11) is 0. The second-order valence-electron chi connectivity index (χ2n) is 3.56. The van der Waals surface area contributed by atoms with Crippen LogP contribution in [0, 0.1) is 0 Å². The van der Waals surface area contributed by atoms with Crippen LogP contribution in [0.2, 0.25) is 0 Å². The van der Waals surface area contributed by atoms with E-state index in [-0.39, 0.29) is 12.3 Å². The summed E-state index contributed by atoms with van der Waals surface area (Å²) in [6, 6.07) is 6.28. The lowest BCUT2D eigenvalue weighted by molar-refractivity contribution is -0.306. The average Bonchev–Trinajstić information content (AvgIpc) is 2.52. The number of aliphatic carboxylic acids is 1. The van der Waals surface area contributed by atoms with Gasteiger partial charge in [-0.2, -0.15) is 0 Å². The Balaban J connectivity index is 2.42. The van der Waals surface area contributed by atoms with Gasteiger partial charge in [-0.1, -0.05) is 18.2 Å². The number of carboxylic acid groups (broad SMARTS) is 1. The number of para-hydroxylation sites is 1. The topological polar surface area (TPSA) is 60.4 Å². The Hall–Kier alpha value is -1.84. The fraction of sp³-hybridized carbons (Fsp3) is 0.273. The van der Waals surface area contributed by atoms with Gasteiger partial charge in [0.1, 0.15) is 0 Å². The minimum absolute atomic E-state index is 0.187. The molecule has 4 heteroatoms. The zero-order chi connectivity index (χ0) is 11.0. The van der Waals surface area contributed by atoms with Gasteiger partial charge < -0.3 is 14.8 Å². The lowest BCUT2D eigenvalue weighted by Crippen LogP contribution is -2.47. The number of carboxylic acids is 1. The number of benzene rings is 1. The number of amides is 1. The molecule has 0 unspecified atom stereocenters. The molecule has 0 radical (unpaired) electrons. The van der Waals surface area contributed by atoms with Gasteiger partial charge in [-0.15, -0.1) is 0 Å². The molecule has 0 aromatic heterocycles. The molecule has 2 rings (SSSR count). The molecule has 1 aliphatic heterocycles. The van der Waals surface area contributed by atoms with E-state index >= 15 is 0 Å². The van der Waals surface area contributed by atoms with E-state index in [4.69, 9.17) is 0 Å². The molecule has 1 amide bonds. The minimum Gasteiger partial charge on any atom is -0.548 e. The maximum absolute atomic E-state index is 11.6. The van der Waals surface area contributed by atoms with Gasteiger partial charge in [0, 0.05) is 5.69 Å². The lowest BCUT2D eigenvalue weighted by Gasteiger charge is -2.25. The Morgan fingerprint density at radius 3 is 2.80 bits per heavy atom. The summed E-state index contributed by atoms with van der Waals surface area (Å²) in [6.07, 6.45) is 0.272. The Labute approximate surface area is 87.1 Å². The molecular weight excluding hydrogens is 194 g/mol. The fourth-order valence-corrected chi connectivity index (χ4v) is 1.81. The number of fused-ring (bicyclic) bond motifs is 1. The van der Waals surface area contributed by atoms with Crippen LogP contribution in [-0.2, 0) is 16.0 Å². The van der Waals surface area contributed by atoms with Crippen molar-refractivity contribution in [3.8, 4) is 0 Å². The van der Waals surface area contributed by atoms with Gasteiger partial charge in [-0.25, -0.2) is 0 Å². The molecule has 1 aromatic carbocycles. The van der Waals surface area contributed by atoms with Crippen LogP contribution in [0.4, 0.5) is 5.69 Å². The zero-order valence-electron chi connectivity index (χ0n) is 8.27. The van der Waals surface area contributed by atoms with Crippen LogP contribution in [-0.4, -0.2) is 17.9 Å². The number of hydrogen-bond donors (Lipinski definition) is 0. The summed E-state index contributed by atoms with van der Waals surface area (Å²) >= 11 is 0. The van der Waals surface area contributed by atoms with Crippen molar-refractivity contribution in [2.75, 3.05) is 4.90 Å². The van der Waals surface area contributed by atoms with E-state index in [2.05, 4.69) is 0 Å². The van der Waals surface area contributed by atoms with Crippen LogP contribution in [0.3, 0.4) is 0 Å². The van der Waals surface area contributed by atoms with Gasteiger partial charge in [0.15, 0.2) is 0 Å². The second-order valence-corrected chi connectivity index (χ2v) is 3.56. The van der Waals surface area contributed by atoms with Crippen molar-refractivity contribution < 1.29 is 14.7 Å². The van der Waals surface area contributed by atoms with E-state index < -0.39 is 12.0 Å². The smallest absolute Gasteiger partial charge is 0.232 e. The van der Waals surface area contributed by atoms with Gasteiger partial charge in [0.05, 0.1) is 18.4 Å². The highest BCUT2D eigenvalue weighted by Gasteiger charge is 2.30. The molecule has 1 aliphatic rings. The van der Waals surface area contributed by atoms with Crippen LogP contribution in [0.25, 0.3) is 0 Å². The summed E-state index contributed by atoms with van der Waals surface area (Å²) < 4.78 is 0. The van der Waals surface area contributed by atoms with E-state index in [1.165, 1.54) is 11.8 Å². The predicted octanol–water partition coefficient (Wildman–Crippen LogP) is -0.286. The molecule has 0 N–H and O–H groups in total. The zero-order valence-corrected chi connectivity index (χ0v) is 8.27. The first-order chi connectivity index (χ1) is 7.11. The second kappa shape index (κ2) is 3.38. The first-order valence-electron chi connectivity index (χ1n) is 4.72. The van der Waals surface area contributed by atoms with Gasteiger partial charge >= 0.3 is 0 Å².